The summed E-state index contributed by atoms with van der Waals surface area (Å²) >= 11 is 0. The van der Waals surface area contributed by atoms with E-state index in [1.165, 1.54) is 19.3 Å². The van der Waals surface area contributed by atoms with Gasteiger partial charge in [0.1, 0.15) is 5.75 Å². The van der Waals surface area contributed by atoms with Crippen molar-refractivity contribution in [3.8, 4) is 5.75 Å². The quantitative estimate of drug-likeness (QED) is 0.735. The van der Waals surface area contributed by atoms with Gasteiger partial charge in [0.25, 0.3) is 0 Å². The lowest BCUT2D eigenvalue weighted by molar-refractivity contribution is -0.146. The molecule has 4 saturated carbocycles. The first-order valence-corrected chi connectivity index (χ1v) is 10.2. The van der Waals surface area contributed by atoms with Gasteiger partial charge in [-0.1, -0.05) is 12.1 Å². The van der Waals surface area contributed by atoms with E-state index in [0.29, 0.717) is 6.61 Å². The average Bonchev–Trinajstić information content (AvgIpc) is 2.65. The topological polar surface area (TPSA) is 67.8 Å². The number of hydrogen-bond acceptors (Lipinski definition) is 4. The zero-order chi connectivity index (χ0) is 18.9. The maximum Gasteiger partial charge on any atom is 0.226 e. The Balaban J connectivity index is 1.20. The molecule has 0 unspecified atom stereocenters. The number of amides is 1. The van der Waals surface area contributed by atoms with Gasteiger partial charge in [-0.05, 0) is 74.0 Å². The monoisotopic (exact) mass is 373 g/mol. The smallest absolute Gasteiger partial charge is 0.226 e. The van der Waals surface area contributed by atoms with Crippen molar-refractivity contribution in [2.45, 2.75) is 51.2 Å². The molecule has 2 N–H and O–H groups in total. The molecule has 4 bridgehead atoms. The molecule has 4 fully saturated rings. The summed E-state index contributed by atoms with van der Waals surface area (Å²) in [5.74, 6) is 3.22. The van der Waals surface area contributed by atoms with Crippen LogP contribution < -0.4 is 10.1 Å². The van der Waals surface area contributed by atoms with Crippen LogP contribution in [0.25, 0.3) is 0 Å². The van der Waals surface area contributed by atoms with Crippen LogP contribution in [0.1, 0.15) is 44.1 Å². The Kier molecular flexibility index (Phi) is 5.42. The molecular weight excluding hydrogens is 342 g/mol. The van der Waals surface area contributed by atoms with Crippen LogP contribution in [-0.4, -0.2) is 37.4 Å². The first-order valence-electron chi connectivity index (χ1n) is 10.2. The summed E-state index contributed by atoms with van der Waals surface area (Å²) in [6.07, 6.45) is 6.46. The minimum atomic E-state index is -0.680. The van der Waals surface area contributed by atoms with Crippen LogP contribution in [0.5, 0.6) is 5.75 Å². The second-order valence-electron chi connectivity index (χ2n) is 8.92. The predicted octanol–water partition coefficient (Wildman–Crippen LogP) is 2.91. The highest BCUT2D eigenvalue weighted by atomic mass is 16.5. The van der Waals surface area contributed by atoms with Gasteiger partial charge in [0, 0.05) is 12.0 Å². The summed E-state index contributed by atoms with van der Waals surface area (Å²) in [6.45, 7) is 0.917. The molecule has 5 heteroatoms. The third-order valence-corrected chi connectivity index (χ3v) is 6.76. The Labute approximate surface area is 161 Å². The molecule has 0 aromatic heterocycles. The fraction of sp³-hybridized carbons (Fsp3) is 0.682. The lowest BCUT2D eigenvalue weighted by Gasteiger charge is -2.55. The number of aliphatic hydroxyl groups is 1. The number of ether oxygens (including phenoxy) is 2. The van der Waals surface area contributed by atoms with Crippen LogP contribution in [-0.2, 0) is 16.1 Å². The first kappa shape index (κ1) is 18.8. The predicted molar refractivity (Wildman–Crippen MR) is 102 cm³/mol. The van der Waals surface area contributed by atoms with Crippen molar-refractivity contribution in [3.05, 3.63) is 29.8 Å². The maximum absolute atomic E-state index is 12.9. The summed E-state index contributed by atoms with van der Waals surface area (Å²) in [4.78, 5) is 12.9. The molecule has 0 radical (unpaired) electrons. The zero-order valence-electron chi connectivity index (χ0n) is 16.2. The highest BCUT2D eigenvalue weighted by Gasteiger charge is 2.54. The standard InChI is InChI=1S/C22H31NO4/c1-26-20-4-2-15(3-5-20)13-27-14-19(24)12-23-21(25)22-9-16-6-17(10-22)8-18(7-16)11-22/h2-5,16-19,24H,6-14H2,1H3,(H,23,25)/t16?,17?,18?,19-,22?/m0/s1. The number of nitrogens with one attached hydrogen (secondary N) is 1. The van der Waals surface area contributed by atoms with Crippen molar-refractivity contribution in [3.63, 3.8) is 0 Å². The van der Waals surface area contributed by atoms with E-state index in [2.05, 4.69) is 5.32 Å². The van der Waals surface area contributed by atoms with Gasteiger partial charge in [-0.15, -0.1) is 0 Å². The molecule has 4 aliphatic rings. The molecule has 0 heterocycles. The van der Waals surface area contributed by atoms with Gasteiger partial charge in [0.2, 0.25) is 5.91 Å². The zero-order valence-corrected chi connectivity index (χ0v) is 16.2. The normalized spacial score (nSPS) is 32.3. The average molecular weight is 373 g/mol. The van der Waals surface area contributed by atoms with Crippen molar-refractivity contribution in [1.29, 1.82) is 0 Å². The molecule has 0 saturated heterocycles. The van der Waals surface area contributed by atoms with Crippen LogP contribution in [0.4, 0.5) is 0 Å². The van der Waals surface area contributed by atoms with E-state index in [4.69, 9.17) is 9.47 Å². The SMILES string of the molecule is COc1ccc(COC[C@@H](O)CNC(=O)C23CC4CC(CC(C4)C2)C3)cc1. The van der Waals surface area contributed by atoms with E-state index in [9.17, 15) is 9.90 Å². The summed E-state index contributed by atoms with van der Waals surface area (Å²) < 4.78 is 10.7. The highest BCUT2D eigenvalue weighted by molar-refractivity contribution is 5.83. The van der Waals surface area contributed by atoms with Gasteiger partial charge in [0.05, 0.1) is 26.4 Å². The Morgan fingerprint density at radius 1 is 1.15 bits per heavy atom. The summed E-state index contributed by atoms with van der Waals surface area (Å²) in [5.41, 5.74) is 0.874. The molecule has 1 atom stereocenters. The molecule has 4 aliphatic carbocycles. The lowest BCUT2D eigenvalue weighted by Crippen LogP contribution is -2.54. The van der Waals surface area contributed by atoms with Gasteiger partial charge in [-0.2, -0.15) is 0 Å². The Morgan fingerprint density at radius 3 is 2.30 bits per heavy atom. The van der Waals surface area contributed by atoms with Crippen molar-refractivity contribution in [2.24, 2.45) is 23.2 Å². The largest absolute Gasteiger partial charge is 0.497 e. The minimum absolute atomic E-state index is 0.154. The fourth-order valence-corrected chi connectivity index (χ4v) is 5.88. The minimum Gasteiger partial charge on any atom is -0.497 e. The Bertz CT molecular complexity index is 621. The molecular formula is C22H31NO4. The van der Waals surface area contributed by atoms with Crippen LogP contribution in [0, 0.1) is 23.2 Å². The number of carbonyl (C=O) groups excluding carboxylic acids is 1. The van der Waals surface area contributed by atoms with Gasteiger partial charge in [0.15, 0.2) is 0 Å². The van der Waals surface area contributed by atoms with E-state index >= 15 is 0 Å². The Morgan fingerprint density at radius 2 is 1.74 bits per heavy atom. The van der Waals surface area contributed by atoms with E-state index in [1.807, 2.05) is 24.3 Å². The van der Waals surface area contributed by atoms with E-state index in [-0.39, 0.29) is 24.5 Å². The molecule has 0 spiro atoms. The summed E-state index contributed by atoms with van der Waals surface area (Å²) in [5, 5.41) is 13.2. The lowest BCUT2D eigenvalue weighted by atomic mass is 9.49. The summed E-state index contributed by atoms with van der Waals surface area (Å²) in [6, 6.07) is 7.67. The van der Waals surface area contributed by atoms with Crippen LogP contribution in [0.15, 0.2) is 24.3 Å². The fourth-order valence-electron chi connectivity index (χ4n) is 5.88. The molecule has 5 rings (SSSR count). The number of aliphatic hydroxyl groups excluding tert-OH is 1. The van der Waals surface area contributed by atoms with Crippen LogP contribution in [0.3, 0.4) is 0 Å². The Hall–Kier alpha value is -1.59. The van der Waals surface area contributed by atoms with Gasteiger partial charge < -0.3 is 19.9 Å². The molecule has 1 aromatic rings. The number of hydrogen-bond donors (Lipinski definition) is 2. The highest BCUT2D eigenvalue weighted by Crippen LogP contribution is 2.60. The molecule has 1 aromatic carbocycles. The van der Waals surface area contributed by atoms with Crippen LogP contribution in [0.2, 0.25) is 0 Å². The molecule has 1 amide bonds. The maximum atomic E-state index is 12.9. The molecule has 148 valence electrons. The molecule has 27 heavy (non-hydrogen) atoms. The van der Waals surface area contributed by atoms with E-state index < -0.39 is 6.10 Å². The van der Waals surface area contributed by atoms with Gasteiger partial charge in [-0.25, -0.2) is 0 Å². The van der Waals surface area contributed by atoms with Crippen molar-refractivity contribution in [1.82, 2.24) is 5.32 Å². The van der Waals surface area contributed by atoms with Gasteiger partial charge in [-0.3, -0.25) is 4.79 Å². The summed E-state index contributed by atoms with van der Waals surface area (Å²) in [7, 11) is 1.64. The molecule has 0 aliphatic heterocycles. The number of methoxy groups -OCH3 is 1. The van der Waals surface area contributed by atoms with Crippen molar-refractivity contribution < 1.29 is 19.4 Å². The second-order valence-corrected chi connectivity index (χ2v) is 8.92. The third-order valence-electron chi connectivity index (χ3n) is 6.76. The van der Waals surface area contributed by atoms with Crippen molar-refractivity contribution >= 4 is 5.91 Å². The number of rotatable bonds is 8. The first-order chi connectivity index (χ1) is 13.1. The molecule has 5 nitrogen and oxygen atoms in total. The number of benzene rings is 1. The van der Waals surface area contributed by atoms with E-state index in [1.54, 1.807) is 7.11 Å². The third kappa shape index (κ3) is 4.14. The second kappa shape index (κ2) is 7.80. The number of carbonyl (C=O) groups is 1. The van der Waals surface area contributed by atoms with Crippen LogP contribution >= 0.6 is 0 Å². The van der Waals surface area contributed by atoms with Gasteiger partial charge >= 0.3 is 0 Å². The van der Waals surface area contributed by atoms with Crippen molar-refractivity contribution in [2.75, 3.05) is 20.3 Å². The van der Waals surface area contributed by atoms with E-state index in [0.717, 1.165) is 48.3 Å².